The van der Waals surface area contributed by atoms with Gasteiger partial charge < -0.3 is 14.4 Å². The standard InChI is InChI=1S/C18H25N3O3/c22-18(15-7-10-23-12-15)21-8-5-13(6-9-21)11-24-17-4-3-16(19-20-17)14-1-2-14/h3-4,13-15H,1-2,5-12H2. The zero-order chi connectivity index (χ0) is 16.4. The minimum atomic E-state index is 0.0815. The molecular weight excluding hydrogens is 306 g/mol. The van der Waals surface area contributed by atoms with Gasteiger partial charge in [-0.1, -0.05) is 0 Å². The van der Waals surface area contributed by atoms with Crippen LogP contribution < -0.4 is 4.74 Å². The molecule has 0 aromatic carbocycles. The lowest BCUT2D eigenvalue weighted by molar-refractivity contribution is -0.137. The fourth-order valence-corrected chi connectivity index (χ4v) is 3.51. The van der Waals surface area contributed by atoms with E-state index in [9.17, 15) is 4.79 Å². The fourth-order valence-electron chi connectivity index (χ4n) is 3.51. The highest BCUT2D eigenvalue weighted by Gasteiger charge is 2.31. The van der Waals surface area contributed by atoms with Crippen LogP contribution in [-0.4, -0.2) is 53.9 Å². The lowest BCUT2D eigenvalue weighted by atomic mass is 9.96. The van der Waals surface area contributed by atoms with Crippen molar-refractivity contribution in [3.8, 4) is 5.88 Å². The molecule has 0 bridgehead atoms. The molecule has 24 heavy (non-hydrogen) atoms. The van der Waals surface area contributed by atoms with Crippen molar-refractivity contribution in [2.45, 2.75) is 38.0 Å². The van der Waals surface area contributed by atoms with E-state index in [1.165, 1.54) is 12.8 Å². The van der Waals surface area contributed by atoms with E-state index in [1.807, 2.05) is 17.0 Å². The Balaban J connectivity index is 1.20. The average molecular weight is 331 g/mol. The first-order chi connectivity index (χ1) is 11.8. The van der Waals surface area contributed by atoms with Crippen molar-refractivity contribution in [2.75, 3.05) is 32.9 Å². The van der Waals surface area contributed by atoms with E-state index in [0.717, 1.165) is 44.7 Å². The van der Waals surface area contributed by atoms with Crippen LogP contribution in [0.2, 0.25) is 0 Å². The van der Waals surface area contributed by atoms with Gasteiger partial charge in [-0.25, -0.2) is 0 Å². The van der Waals surface area contributed by atoms with Crippen molar-refractivity contribution in [3.05, 3.63) is 17.8 Å². The summed E-state index contributed by atoms with van der Waals surface area (Å²) < 4.78 is 11.1. The van der Waals surface area contributed by atoms with Gasteiger partial charge in [0, 0.05) is 31.7 Å². The van der Waals surface area contributed by atoms with Crippen molar-refractivity contribution in [2.24, 2.45) is 11.8 Å². The van der Waals surface area contributed by atoms with E-state index in [1.54, 1.807) is 0 Å². The van der Waals surface area contributed by atoms with Gasteiger partial charge >= 0.3 is 0 Å². The van der Waals surface area contributed by atoms with Gasteiger partial charge in [0.25, 0.3) is 0 Å². The molecule has 6 heteroatoms. The Bertz CT molecular complexity index is 559. The molecule has 1 saturated carbocycles. The number of ether oxygens (including phenoxy) is 2. The fraction of sp³-hybridized carbons (Fsp3) is 0.722. The largest absolute Gasteiger partial charge is 0.476 e. The van der Waals surface area contributed by atoms with Crippen LogP contribution in [0.4, 0.5) is 0 Å². The minimum absolute atomic E-state index is 0.0815. The highest BCUT2D eigenvalue weighted by molar-refractivity contribution is 5.79. The van der Waals surface area contributed by atoms with E-state index >= 15 is 0 Å². The Morgan fingerprint density at radius 1 is 1.17 bits per heavy atom. The molecule has 3 heterocycles. The normalized spacial score (nSPS) is 25.0. The summed E-state index contributed by atoms with van der Waals surface area (Å²) in [5, 5.41) is 8.41. The van der Waals surface area contributed by atoms with E-state index < -0.39 is 0 Å². The highest BCUT2D eigenvalue weighted by Crippen LogP contribution is 2.38. The van der Waals surface area contributed by atoms with Gasteiger partial charge in [-0.3, -0.25) is 4.79 Å². The van der Waals surface area contributed by atoms with Gasteiger partial charge in [0.05, 0.1) is 24.8 Å². The molecule has 0 radical (unpaired) electrons. The quantitative estimate of drug-likeness (QED) is 0.826. The van der Waals surface area contributed by atoms with Gasteiger partial charge in [-0.2, -0.15) is 5.10 Å². The highest BCUT2D eigenvalue weighted by atomic mass is 16.5. The number of nitrogens with zero attached hydrogens (tertiary/aromatic N) is 3. The number of rotatable bonds is 5. The molecule has 2 saturated heterocycles. The van der Waals surface area contributed by atoms with E-state index in [0.29, 0.717) is 30.9 Å². The van der Waals surface area contributed by atoms with Gasteiger partial charge in [0.1, 0.15) is 0 Å². The maximum atomic E-state index is 12.4. The second-order valence-corrected chi connectivity index (χ2v) is 7.21. The number of aromatic nitrogens is 2. The predicted molar refractivity (Wildman–Crippen MR) is 87.7 cm³/mol. The maximum Gasteiger partial charge on any atom is 0.233 e. The molecule has 1 atom stereocenters. The van der Waals surface area contributed by atoms with Crippen molar-refractivity contribution in [1.29, 1.82) is 0 Å². The molecule has 3 fully saturated rings. The summed E-state index contributed by atoms with van der Waals surface area (Å²) in [6.07, 6.45) is 5.33. The number of carbonyl (C=O) groups excluding carboxylic acids is 1. The van der Waals surface area contributed by atoms with Crippen LogP contribution in [0.5, 0.6) is 5.88 Å². The number of hydrogen-bond donors (Lipinski definition) is 0. The van der Waals surface area contributed by atoms with Crippen molar-refractivity contribution in [1.82, 2.24) is 15.1 Å². The van der Waals surface area contributed by atoms with Crippen molar-refractivity contribution < 1.29 is 14.3 Å². The van der Waals surface area contributed by atoms with Crippen molar-refractivity contribution in [3.63, 3.8) is 0 Å². The third-order valence-corrected chi connectivity index (χ3v) is 5.33. The molecule has 1 unspecified atom stereocenters. The number of carbonyl (C=O) groups is 1. The second kappa shape index (κ2) is 7.05. The zero-order valence-electron chi connectivity index (χ0n) is 14.0. The molecule has 1 aromatic heterocycles. The molecule has 130 valence electrons. The van der Waals surface area contributed by atoms with Crippen LogP contribution in [0, 0.1) is 11.8 Å². The molecule has 3 aliphatic rings. The Labute approximate surface area is 142 Å². The van der Waals surface area contributed by atoms with E-state index in [4.69, 9.17) is 9.47 Å². The zero-order valence-corrected chi connectivity index (χ0v) is 14.0. The van der Waals surface area contributed by atoms with Crippen LogP contribution in [0.15, 0.2) is 12.1 Å². The third kappa shape index (κ3) is 3.69. The molecule has 1 aromatic rings. The molecule has 2 aliphatic heterocycles. The topological polar surface area (TPSA) is 64.5 Å². The number of likely N-dealkylation sites (tertiary alicyclic amines) is 1. The second-order valence-electron chi connectivity index (χ2n) is 7.21. The maximum absolute atomic E-state index is 12.4. The Hall–Kier alpha value is -1.69. The molecule has 1 aliphatic carbocycles. The first-order valence-corrected chi connectivity index (χ1v) is 9.12. The number of amides is 1. The van der Waals surface area contributed by atoms with Crippen molar-refractivity contribution >= 4 is 5.91 Å². The Morgan fingerprint density at radius 2 is 2.00 bits per heavy atom. The molecule has 1 amide bonds. The number of hydrogen-bond acceptors (Lipinski definition) is 5. The smallest absolute Gasteiger partial charge is 0.233 e. The predicted octanol–water partition coefficient (Wildman–Crippen LogP) is 2.01. The monoisotopic (exact) mass is 331 g/mol. The molecule has 0 N–H and O–H groups in total. The third-order valence-electron chi connectivity index (χ3n) is 5.33. The van der Waals surface area contributed by atoms with E-state index in [-0.39, 0.29) is 11.8 Å². The summed E-state index contributed by atoms with van der Waals surface area (Å²) in [6, 6.07) is 3.96. The van der Waals surface area contributed by atoms with Crippen LogP contribution in [0.25, 0.3) is 0 Å². The lowest BCUT2D eigenvalue weighted by Crippen LogP contribution is -2.42. The lowest BCUT2D eigenvalue weighted by Gasteiger charge is -2.33. The van der Waals surface area contributed by atoms with Crippen LogP contribution in [-0.2, 0) is 9.53 Å². The summed E-state index contributed by atoms with van der Waals surface area (Å²) in [5.41, 5.74) is 1.09. The first kappa shape index (κ1) is 15.8. The SMILES string of the molecule is O=C(C1CCOC1)N1CCC(COc2ccc(C3CC3)nn2)CC1. The molecule has 6 nitrogen and oxygen atoms in total. The summed E-state index contributed by atoms with van der Waals surface area (Å²) in [7, 11) is 0. The van der Waals surface area contributed by atoms with Crippen LogP contribution in [0.3, 0.4) is 0 Å². The Morgan fingerprint density at radius 3 is 2.62 bits per heavy atom. The Kier molecular flexibility index (Phi) is 4.65. The first-order valence-electron chi connectivity index (χ1n) is 9.12. The van der Waals surface area contributed by atoms with Gasteiger partial charge in [-0.15, -0.1) is 5.10 Å². The summed E-state index contributed by atoms with van der Waals surface area (Å²) >= 11 is 0. The minimum Gasteiger partial charge on any atom is -0.476 e. The van der Waals surface area contributed by atoms with Gasteiger partial charge in [0.2, 0.25) is 11.8 Å². The van der Waals surface area contributed by atoms with E-state index in [2.05, 4.69) is 10.2 Å². The van der Waals surface area contributed by atoms with Crippen LogP contribution >= 0.6 is 0 Å². The molecule has 0 spiro atoms. The summed E-state index contributed by atoms with van der Waals surface area (Å²) in [5.74, 6) is 2.07. The van der Waals surface area contributed by atoms with Gasteiger partial charge in [0.15, 0.2) is 0 Å². The van der Waals surface area contributed by atoms with Crippen LogP contribution in [0.1, 0.15) is 43.7 Å². The number of piperidine rings is 1. The summed E-state index contributed by atoms with van der Waals surface area (Å²) in [6.45, 7) is 3.63. The average Bonchev–Trinajstić information content (AvgIpc) is 3.34. The molecule has 4 rings (SSSR count). The summed E-state index contributed by atoms with van der Waals surface area (Å²) in [4.78, 5) is 14.4. The molecular formula is C18H25N3O3. The van der Waals surface area contributed by atoms with Gasteiger partial charge in [-0.05, 0) is 44.1 Å².